The highest BCUT2D eigenvalue weighted by molar-refractivity contribution is 5.57. The molecule has 2 N–H and O–H groups in total. The molecule has 0 bridgehead atoms. The maximum Gasteiger partial charge on any atom is 0.0265 e. The summed E-state index contributed by atoms with van der Waals surface area (Å²) in [5.41, 5.74) is 6.42. The Balaban J connectivity index is 3.55. The van der Waals surface area contributed by atoms with Crippen LogP contribution in [0.2, 0.25) is 0 Å². The first-order chi connectivity index (χ1) is 4.31. The molecule has 52 valence electrons. The van der Waals surface area contributed by atoms with E-state index in [2.05, 4.69) is 11.9 Å². The van der Waals surface area contributed by atoms with Gasteiger partial charge in [-0.1, -0.05) is 6.92 Å². The lowest BCUT2D eigenvalue weighted by Crippen LogP contribution is -1.98. The minimum absolute atomic E-state index is 0.598. The average Bonchev–Trinajstić information content (AvgIpc) is 1.89. The molecule has 0 aliphatic heterocycles. The molecule has 0 rings (SSSR count). The van der Waals surface area contributed by atoms with Crippen LogP contribution in [0.4, 0.5) is 0 Å². The number of rotatable bonds is 3. The molecular weight excluding hydrogens is 112 g/mol. The molecule has 0 spiro atoms. The summed E-state index contributed by atoms with van der Waals surface area (Å²) in [6.45, 7) is 4.61. The summed E-state index contributed by atoms with van der Waals surface area (Å²) in [7, 11) is 0. The molecule has 0 unspecified atom stereocenters. The number of nitrogens with zero attached hydrogens (tertiary/aromatic N) is 1. The minimum Gasteiger partial charge on any atom is -0.327 e. The van der Waals surface area contributed by atoms with Gasteiger partial charge in [0.05, 0.1) is 0 Å². The molecular formula is C7H14N2. The van der Waals surface area contributed by atoms with Gasteiger partial charge in [0.25, 0.3) is 0 Å². The van der Waals surface area contributed by atoms with E-state index in [-0.39, 0.29) is 0 Å². The Kier molecular flexibility index (Phi) is 5.12. The van der Waals surface area contributed by atoms with Gasteiger partial charge in [0.2, 0.25) is 0 Å². The lowest BCUT2D eigenvalue weighted by Gasteiger charge is -1.87. The summed E-state index contributed by atoms with van der Waals surface area (Å²) >= 11 is 0. The van der Waals surface area contributed by atoms with Crippen LogP contribution in [-0.2, 0) is 0 Å². The number of nitrogens with two attached hydrogens (primary N) is 1. The molecule has 0 saturated carbocycles. The van der Waals surface area contributed by atoms with Gasteiger partial charge in [-0.25, -0.2) is 0 Å². The topological polar surface area (TPSA) is 38.4 Å². The molecule has 0 fully saturated rings. The first-order valence-corrected chi connectivity index (χ1v) is 3.18. The van der Waals surface area contributed by atoms with Crippen LogP contribution in [0, 0.1) is 0 Å². The lowest BCUT2D eigenvalue weighted by atomic mass is 10.3. The quantitative estimate of drug-likeness (QED) is 0.569. The van der Waals surface area contributed by atoms with Gasteiger partial charge < -0.3 is 5.73 Å². The minimum atomic E-state index is 0.598. The molecule has 0 aromatic carbocycles. The molecule has 0 atom stereocenters. The van der Waals surface area contributed by atoms with Crippen LogP contribution in [0.1, 0.15) is 20.3 Å². The molecule has 0 heterocycles. The smallest absolute Gasteiger partial charge is 0.0265 e. The second kappa shape index (κ2) is 5.51. The van der Waals surface area contributed by atoms with Gasteiger partial charge in [-0.3, -0.25) is 4.99 Å². The maximum atomic E-state index is 5.31. The first-order valence-electron chi connectivity index (χ1n) is 3.18. The monoisotopic (exact) mass is 126 g/mol. The zero-order valence-electron chi connectivity index (χ0n) is 6.09. The number of aliphatic imine (C=N–C) groups is 1. The van der Waals surface area contributed by atoms with Crippen molar-refractivity contribution in [3.63, 3.8) is 0 Å². The molecule has 0 aromatic rings. The highest BCUT2D eigenvalue weighted by Gasteiger charge is 1.77. The second-order valence-electron chi connectivity index (χ2n) is 1.92. The summed E-state index contributed by atoms with van der Waals surface area (Å²) < 4.78 is 0. The molecule has 2 nitrogen and oxygen atoms in total. The summed E-state index contributed by atoms with van der Waals surface area (Å²) in [5, 5.41) is 0. The molecule has 0 saturated heterocycles. The van der Waals surface area contributed by atoms with E-state index in [0.29, 0.717) is 6.54 Å². The molecule has 0 aromatic heterocycles. The van der Waals surface area contributed by atoms with E-state index in [9.17, 15) is 0 Å². The van der Waals surface area contributed by atoms with Crippen LogP contribution in [0.3, 0.4) is 0 Å². The highest BCUT2D eigenvalue weighted by Crippen LogP contribution is 1.87. The predicted molar refractivity (Wildman–Crippen MR) is 41.6 cm³/mol. The van der Waals surface area contributed by atoms with Crippen LogP contribution in [0.25, 0.3) is 0 Å². The summed E-state index contributed by atoms with van der Waals surface area (Å²) in [5.74, 6) is 0. The van der Waals surface area contributed by atoms with Gasteiger partial charge in [0.1, 0.15) is 0 Å². The van der Waals surface area contributed by atoms with E-state index in [1.165, 1.54) is 0 Å². The largest absolute Gasteiger partial charge is 0.327 e. The summed E-state index contributed by atoms with van der Waals surface area (Å²) in [6, 6.07) is 0. The molecule has 0 amide bonds. The van der Waals surface area contributed by atoms with E-state index in [1.54, 1.807) is 6.20 Å². The van der Waals surface area contributed by atoms with Crippen molar-refractivity contribution in [1.29, 1.82) is 0 Å². The fourth-order valence-electron chi connectivity index (χ4n) is 0.338. The van der Waals surface area contributed by atoms with Gasteiger partial charge in [0.15, 0.2) is 0 Å². The third-order valence-corrected chi connectivity index (χ3v) is 0.905. The van der Waals surface area contributed by atoms with Crippen molar-refractivity contribution in [2.24, 2.45) is 10.7 Å². The van der Waals surface area contributed by atoms with Gasteiger partial charge in [-0.15, -0.1) is 0 Å². The van der Waals surface area contributed by atoms with Crippen molar-refractivity contribution >= 4 is 6.21 Å². The van der Waals surface area contributed by atoms with Crippen LogP contribution >= 0.6 is 0 Å². The lowest BCUT2D eigenvalue weighted by molar-refractivity contribution is 1.12. The van der Waals surface area contributed by atoms with Crippen LogP contribution in [-0.4, -0.2) is 12.8 Å². The van der Waals surface area contributed by atoms with Gasteiger partial charge >= 0.3 is 0 Å². The molecule has 9 heavy (non-hydrogen) atoms. The fraction of sp³-hybridized carbons (Fsp3) is 0.571. The Bertz CT molecular complexity index is 114. The SMILES string of the molecule is CCC=N/C=C(\C)CN. The van der Waals surface area contributed by atoms with Crippen molar-refractivity contribution < 1.29 is 0 Å². The van der Waals surface area contributed by atoms with Crippen molar-refractivity contribution in [2.75, 3.05) is 6.54 Å². The zero-order valence-corrected chi connectivity index (χ0v) is 6.09. The van der Waals surface area contributed by atoms with Crippen molar-refractivity contribution in [3.05, 3.63) is 11.8 Å². The van der Waals surface area contributed by atoms with Crippen molar-refractivity contribution in [3.8, 4) is 0 Å². The molecule has 0 aliphatic carbocycles. The standard InChI is InChI=1S/C7H14N2/c1-3-4-9-6-7(2)5-8/h4,6H,3,5,8H2,1-2H3/b7-6+,9-4?. The van der Waals surface area contributed by atoms with E-state index in [0.717, 1.165) is 12.0 Å². The number of hydrogen-bond acceptors (Lipinski definition) is 2. The fourth-order valence-corrected chi connectivity index (χ4v) is 0.338. The number of hydrogen-bond donors (Lipinski definition) is 1. The first kappa shape index (κ1) is 8.37. The molecule has 2 heteroatoms. The predicted octanol–water partition coefficient (Wildman–Crippen LogP) is 1.33. The van der Waals surface area contributed by atoms with E-state index >= 15 is 0 Å². The Morgan fingerprint density at radius 2 is 2.33 bits per heavy atom. The Morgan fingerprint density at radius 1 is 1.67 bits per heavy atom. The van der Waals surface area contributed by atoms with Crippen molar-refractivity contribution in [1.82, 2.24) is 0 Å². The maximum absolute atomic E-state index is 5.31. The van der Waals surface area contributed by atoms with Gasteiger partial charge in [-0.2, -0.15) is 0 Å². The third-order valence-electron chi connectivity index (χ3n) is 0.905. The van der Waals surface area contributed by atoms with E-state index in [1.807, 2.05) is 13.1 Å². The van der Waals surface area contributed by atoms with E-state index in [4.69, 9.17) is 5.73 Å². The Morgan fingerprint density at radius 3 is 2.78 bits per heavy atom. The Labute approximate surface area is 56.5 Å². The highest BCUT2D eigenvalue weighted by atomic mass is 14.7. The van der Waals surface area contributed by atoms with Gasteiger partial charge in [-0.05, 0) is 18.9 Å². The zero-order chi connectivity index (χ0) is 7.11. The van der Waals surface area contributed by atoms with Crippen molar-refractivity contribution in [2.45, 2.75) is 20.3 Å². The second-order valence-corrected chi connectivity index (χ2v) is 1.92. The summed E-state index contributed by atoms with van der Waals surface area (Å²) in [4.78, 5) is 3.99. The van der Waals surface area contributed by atoms with Crippen LogP contribution in [0.15, 0.2) is 16.8 Å². The van der Waals surface area contributed by atoms with E-state index < -0.39 is 0 Å². The van der Waals surface area contributed by atoms with Crippen LogP contribution < -0.4 is 5.73 Å². The van der Waals surface area contributed by atoms with Gasteiger partial charge in [0, 0.05) is 19.0 Å². The summed E-state index contributed by atoms with van der Waals surface area (Å²) in [6.07, 6.45) is 4.64. The molecule has 0 aliphatic rings. The normalized spacial score (nSPS) is 13.0. The third kappa shape index (κ3) is 5.24. The Hall–Kier alpha value is -0.630. The average molecular weight is 126 g/mol. The molecule has 0 radical (unpaired) electrons. The van der Waals surface area contributed by atoms with Crippen LogP contribution in [0.5, 0.6) is 0 Å².